The van der Waals surface area contributed by atoms with Crippen LogP contribution in [0, 0.1) is 0 Å². The van der Waals surface area contributed by atoms with Crippen LogP contribution < -0.4 is 57.1 Å². The summed E-state index contributed by atoms with van der Waals surface area (Å²) in [5.41, 5.74) is 29.4. The lowest BCUT2D eigenvalue weighted by Crippen LogP contribution is -2.64. The van der Waals surface area contributed by atoms with Gasteiger partial charge in [0.05, 0.1) is 17.1 Å². The Kier molecular flexibility index (Phi) is 14.0. The SMILES string of the molecule is c1ccc(-c2ccc(N(c3ccc(-c4ccccc4)cc3)c3cc4c5c(c3)N(c3c(-c6ccccc6)cccc3-c3ccccc3)c3cc6c(cc3B5c3ccccc3N4c3ccccc3)B3c4ccccc4Oc4cc(N(c5ccccc5)c5ccccc5)cc(c43)S6)cc2)cc1. The van der Waals surface area contributed by atoms with Gasteiger partial charge >= 0.3 is 0 Å². The molecule has 0 aromatic heterocycles. The number of hydrogen-bond donors (Lipinski definition) is 0. The minimum absolute atomic E-state index is 0.134. The maximum Gasteiger partial charge on any atom is 0.253 e. The first-order valence-corrected chi connectivity index (χ1v) is 34.4. The molecule has 4 aliphatic rings. The van der Waals surface area contributed by atoms with Gasteiger partial charge in [0.2, 0.25) is 0 Å². The van der Waals surface area contributed by atoms with Gasteiger partial charge in [-0.15, -0.1) is 0 Å². The highest BCUT2D eigenvalue weighted by molar-refractivity contribution is 8.00. The van der Waals surface area contributed by atoms with Crippen molar-refractivity contribution in [3.8, 4) is 56.0 Å². The second-order valence-corrected chi connectivity index (χ2v) is 26.6. The average molecular weight is 1270 g/mol. The van der Waals surface area contributed by atoms with E-state index in [0.717, 1.165) is 123 Å². The molecule has 4 aliphatic heterocycles. The lowest BCUT2D eigenvalue weighted by molar-refractivity contribution is 0.486. The molecule has 0 N–H and O–H groups in total. The van der Waals surface area contributed by atoms with Gasteiger partial charge in [-0.25, -0.2) is 0 Å². The zero-order valence-electron chi connectivity index (χ0n) is 53.4. The molecule has 98 heavy (non-hydrogen) atoms. The molecule has 0 radical (unpaired) electrons. The summed E-state index contributed by atoms with van der Waals surface area (Å²) in [4.78, 5) is 12.4. The molecule has 4 heterocycles. The van der Waals surface area contributed by atoms with Crippen LogP contribution >= 0.6 is 11.8 Å². The molecule has 8 heteroatoms. The van der Waals surface area contributed by atoms with E-state index in [1.54, 1.807) is 0 Å². The van der Waals surface area contributed by atoms with Crippen LogP contribution in [0.4, 0.5) is 68.2 Å². The average Bonchev–Trinajstić information content (AvgIpc) is 0.687. The Morgan fingerprint density at radius 3 is 1.26 bits per heavy atom. The zero-order valence-corrected chi connectivity index (χ0v) is 54.2. The molecule has 0 aliphatic carbocycles. The number of fused-ring (bicyclic) bond motifs is 8. The van der Waals surface area contributed by atoms with Gasteiger partial charge in [0, 0.05) is 78.2 Å². The minimum Gasteiger partial charge on any atom is -0.458 e. The van der Waals surface area contributed by atoms with Crippen molar-refractivity contribution < 1.29 is 4.74 Å². The van der Waals surface area contributed by atoms with Crippen LogP contribution in [0.5, 0.6) is 11.5 Å². The maximum absolute atomic E-state index is 7.20. The highest BCUT2D eigenvalue weighted by Gasteiger charge is 2.48. The lowest BCUT2D eigenvalue weighted by atomic mass is 9.31. The van der Waals surface area contributed by atoms with Crippen molar-refractivity contribution >= 4 is 126 Å². The number of ether oxygens (including phenoxy) is 1. The Morgan fingerprint density at radius 2 is 0.694 bits per heavy atom. The fraction of sp³-hybridized carbons (Fsp3) is 0. The molecule has 0 amide bonds. The quantitative estimate of drug-likeness (QED) is 0.113. The molecule has 15 aromatic carbocycles. The lowest BCUT2D eigenvalue weighted by Gasteiger charge is -2.46. The molecule has 0 fully saturated rings. The van der Waals surface area contributed by atoms with Crippen LogP contribution in [0.25, 0.3) is 44.5 Å². The van der Waals surface area contributed by atoms with E-state index in [2.05, 4.69) is 384 Å². The monoisotopic (exact) mass is 1270 g/mol. The van der Waals surface area contributed by atoms with Gasteiger partial charge < -0.3 is 24.3 Å². The van der Waals surface area contributed by atoms with Crippen LogP contribution in [0.15, 0.2) is 374 Å². The highest BCUT2D eigenvalue weighted by Crippen LogP contribution is 2.54. The largest absolute Gasteiger partial charge is 0.458 e. The van der Waals surface area contributed by atoms with Crippen molar-refractivity contribution in [3.63, 3.8) is 0 Å². The van der Waals surface area contributed by atoms with Crippen molar-refractivity contribution in [2.45, 2.75) is 9.79 Å². The first-order valence-electron chi connectivity index (χ1n) is 33.6. The summed E-state index contributed by atoms with van der Waals surface area (Å²) in [6.07, 6.45) is 0. The van der Waals surface area contributed by atoms with E-state index < -0.39 is 0 Å². The number of nitrogens with zero attached hydrogens (tertiary/aromatic N) is 4. The van der Waals surface area contributed by atoms with Gasteiger partial charge in [0.25, 0.3) is 13.4 Å². The minimum atomic E-state index is -0.205. The van der Waals surface area contributed by atoms with E-state index in [9.17, 15) is 0 Å². The molecule has 0 bridgehead atoms. The van der Waals surface area contributed by atoms with Crippen LogP contribution in [-0.4, -0.2) is 13.4 Å². The van der Waals surface area contributed by atoms with Gasteiger partial charge in [-0.2, -0.15) is 0 Å². The Balaban J connectivity index is 0.915. The van der Waals surface area contributed by atoms with E-state index in [1.807, 2.05) is 11.8 Å². The highest BCUT2D eigenvalue weighted by atomic mass is 32.2. The van der Waals surface area contributed by atoms with Gasteiger partial charge in [-0.3, -0.25) is 0 Å². The van der Waals surface area contributed by atoms with Gasteiger partial charge in [0.15, 0.2) is 0 Å². The van der Waals surface area contributed by atoms with Crippen molar-refractivity contribution in [1.82, 2.24) is 0 Å². The van der Waals surface area contributed by atoms with Crippen LogP contribution in [0.3, 0.4) is 0 Å². The second kappa shape index (κ2) is 23.9. The fourth-order valence-electron chi connectivity index (χ4n) is 15.6. The number of para-hydroxylation sites is 6. The van der Waals surface area contributed by atoms with E-state index in [-0.39, 0.29) is 13.4 Å². The molecule has 15 aromatic rings. The molecule has 458 valence electrons. The molecular weight excluding hydrogens is 1210 g/mol. The Bertz CT molecular complexity index is 5340. The van der Waals surface area contributed by atoms with Crippen molar-refractivity contribution in [2.24, 2.45) is 0 Å². The Hall–Kier alpha value is -12.2. The summed E-state index contributed by atoms with van der Waals surface area (Å²) in [6, 6.07) is 134. The zero-order chi connectivity index (χ0) is 64.6. The summed E-state index contributed by atoms with van der Waals surface area (Å²) in [7, 11) is 0. The summed E-state index contributed by atoms with van der Waals surface area (Å²) in [5, 5.41) is 0. The number of hydrogen-bond acceptors (Lipinski definition) is 6. The third-order valence-corrected chi connectivity index (χ3v) is 21.0. The third kappa shape index (κ3) is 9.66. The number of anilines is 12. The number of benzene rings is 15. The predicted molar refractivity (Wildman–Crippen MR) is 413 cm³/mol. The normalized spacial score (nSPS) is 12.7. The second-order valence-electron chi connectivity index (χ2n) is 25.5. The predicted octanol–water partition coefficient (Wildman–Crippen LogP) is 20.5. The standard InChI is InChI=1S/C90H60B2N4OS/c1-8-27-61(28-9-1)63-47-51-70(52-48-63)94(71-53-49-64(50-54-71)62-29-10-2-11-30-62)72-55-82-88-83(56-72)96(90-74(65-31-12-3-13-32-65)41-26-42-75(90)66-33-14-4-15-34-66)81-60-86-79(59-78(81)91(88)76-43-22-24-45-80(76)95(82)69-39-20-7-21-40-69)92-77-44-23-25-46-84(77)97-85-57-73(58-87(98-86)89(85)92)93(67-35-16-5-17-36-67)68-37-18-6-19-38-68/h1-60H. The van der Waals surface area contributed by atoms with E-state index >= 15 is 0 Å². The van der Waals surface area contributed by atoms with Crippen LogP contribution in [0.2, 0.25) is 0 Å². The molecule has 0 saturated carbocycles. The topological polar surface area (TPSA) is 22.2 Å². The van der Waals surface area contributed by atoms with E-state index in [4.69, 9.17) is 4.74 Å². The van der Waals surface area contributed by atoms with Crippen molar-refractivity contribution in [3.05, 3.63) is 364 Å². The molecule has 0 atom stereocenters. The van der Waals surface area contributed by atoms with E-state index in [1.165, 1.54) is 43.3 Å². The molecule has 0 saturated heterocycles. The summed E-state index contributed by atoms with van der Waals surface area (Å²) >= 11 is 1.86. The molecule has 19 rings (SSSR count). The number of rotatable bonds is 12. The van der Waals surface area contributed by atoms with Crippen LogP contribution in [-0.2, 0) is 0 Å². The molecule has 0 unspecified atom stereocenters. The summed E-state index contributed by atoms with van der Waals surface area (Å²) < 4.78 is 7.20. The molecular formula is C90H60B2N4OS. The van der Waals surface area contributed by atoms with Gasteiger partial charge in [-0.1, -0.05) is 278 Å². The smallest absolute Gasteiger partial charge is 0.253 e. The maximum atomic E-state index is 7.20. The van der Waals surface area contributed by atoms with E-state index in [0.29, 0.717) is 0 Å². The first-order chi connectivity index (χ1) is 48.6. The Labute approximate surface area is 576 Å². The first kappa shape index (κ1) is 57.2. The summed E-state index contributed by atoms with van der Waals surface area (Å²) in [6.45, 7) is -0.339. The van der Waals surface area contributed by atoms with Crippen molar-refractivity contribution in [1.29, 1.82) is 0 Å². The fourth-order valence-corrected chi connectivity index (χ4v) is 16.8. The summed E-state index contributed by atoms with van der Waals surface area (Å²) in [5.74, 6) is 1.74. The third-order valence-electron chi connectivity index (χ3n) is 19.9. The van der Waals surface area contributed by atoms with Crippen molar-refractivity contribution in [2.75, 3.05) is 19.6 Å². The van der Waals surface area contributed by atoms with Gasteiger partial charge in [-0.05, 0) is 158 Å². The van der Waals surface area contributed by atoms with Gasteiger partial charge in [0.1, 0.15) is 11.5 Å². The molecule has 0 spiro atoms. The Morgan fingerprint density at radius 1 is 0.255 bits per heavy atom. The molecule has 5 nitrogen and oxygen atoms in total. The van der Waals surface area contributed by atoms with Crippen LogP contribution in [0.1, 0.15) is 0 Å².